The Morgan fingerprint density at radius 3 is 2.71 bits per heavy atom. The van der Waals surface area contributed by atoms with Gasteiger partial charge in [-0.25, -0.2) is 0 Å². The number of rotatable bonds is 5. The summed E-state index contributed by atoms with van der Waals surface area (Å²) in [6, 6.07) is 9.74. The molecule has 3 rings (SSSR count). The van der Waals surface area contributed by atoms with Gasteiger partial charge in [-0.05, 0) is 12.0 Å². The molecule has 0 aliphatic carbocycles. The minimum Gasteiger partial charge on any atom is -0.368 e. The first-order valence-corrected chi connectivity index (χ1v) is 8.70. The van der Waals surface area contributed by atoms with Crippen LogP contribution in [-0.2, 0) is 30.4 Å². The second kappa shape index (κ2) is 5.88. The van der Waals surface area contributed by atoms with Crippen LogP contribution in [0.25, 0.3) is 0 Å². The van der Waals surface area contributed by atoms with E-state index in [0.29, 0.717) is 13.0 Å². The highest BCUT2D eigenvalue weighted by Crippen LogP contribution is 2.34. The molecule has 1 aromatic carbocycles. The fourth-order valence-electron chi connectivity index (χ4n) is 2.72. The molecule has 6 heteroatoms. The topological polar surface area (TPSA) is 61.8 Å². The molecule has 114 valence electrons. The Morgan fingerprint density at radius 2 is 2.00 bits per heavy atom. The molecule has 5 nitrogen and oxygen atoms in total. The van der Waals surface area contributed by atoms with Gasteiger partial charge in [0.1, 0.15) is 18.3 Å². The zero-order valence-electron chi connectivity index (χ0n) is 11.7. The van der Waals surface area contributed by atoms with Crippen molar-refractivity contribution in [2.24, 2.45) is 0 Å². The minimum absolute atomic E-state index is 0.251. The minimum atomic E-state index is -3.55. The maximum atomic E-state index is 11.4. The molecule has 2 heterocycles. The summed E-state index contributed by atoms with van der Waals surface area (Å²) in [7, 11) is -3.55. The lowest BCUT2D eigenvalue weighted by atomic mass is 10.1. The molecule has 1 saturated heterocycles. The Balaban J connectivity index is 1.72. The van der Waals surface area contributed by atoms with Gasteiger partial charge in [-0.1, -0.05) is 42.5 Å². The highest BCUT2D eigenvalue weighted by Gasteiger charge is 2.48. The van der Waals surface area contributed by atoms with E-state index < -0.39 is 22.3 Å². The van der Waals surface area contributed by atoms with E-state index in [9.17, 15) is 8.42 Å². The number of ether oxygens (including phenoxy) is 2. The quantitative estimate of drug-likeness (QED) is 0.611. The van der Waals surface area contributed by atoms with Crippen molar-refractivity contribution in [1.82, 2.24) is 0 Å². The van der Waals surface area contributed by atoms with Crippen molar-refractivity contribution in [3.8, 4) is 0 Å². The van der Waals surface area contributed by atoms with E-state index in [1.807, 2.05) is 42.5 Å². The van der Waals surface area contributed by atoms with Gasteiger partial charge in [-0.2, -0.15) is 8.42 Å². The van der Waals surface area contributed by atoms with E-state index in [0.717, 1.165) is 11.8 Å². The third kappa shape index (κ3) is 3.52. The smallest absolute Gasteiger partial charge is 0.264 e. The number of hydrogen-bond donors (Lipinski definition) is 0. The third-order valence-corrected chi connectivity index (χ3v) is 4.18. The van der Waals surface area contributed by atoms with Gasteiger partial charge in [0.15, 0.2) is 0 Å². The van der Waals surface area contributed by atoms with Crippen LogP contribution in [0.1, 0.15) is 12.0 Å². The third-order valence-electron chi connectivity index (χ3n) is 3.61. The van der Waals surface area contributed by atoms with Gasteiger partial charge in [0, 0.05) is 0 Å². The fourth-order valence-corrected chi connectivity index (χ4v) is 3.36. The predicted octanol–water partition coefficient (Wildman–Crippen LogP) is 1.64. The molecule has 1 aromatic rings. The Bertz CT molecular complexity index is 610. The molecular weight excluding hydrogens is 292 g/mol. The maximum absolute atomic E-state index is 11.4. The molecule has 1 fully saturated rings. The van der Waals surface area contributed by atoms with Crippen molar-refractivity contribution in [2.45, 2.75) is 37.4 Å². The molecule has 0 unspecified atom stereocenters. The van der Waals surface area contributed by atoms with Crippen LogP contribution < -0.4 is 0 Å². The number of hydrogen-bond acceptors (Lipinski definition) is 5. The van der Waals surface area contributed by atoms with Crippen molar-refractivity contribution >= 4 is 10.1 Å². The van der Waals surface area contributed by atoms with Gasteiger partial charge in [0.25, 0.3) is 10.1 Å². The van der Waals surface area contributed by atoms with Gasteiger partial charge in [-0.3, -0.25) is 4.18 Å². The van der Waals surface area contributed by atoms with Crippen LogP contribution in [0.3, 0.4) is 0 Å². The molecule has 0 N–H and O–H groups in total. The lowest BCUT2D eigenvalue weighted by Crippen LogP contribution is -2.37. The van der Waals surface area contributed by atoms with Crippen molar-refractivity contribution < 1.29 is 22.1 Å². The summed E-state index contributed by atoms with van der Waals surface area (Å²) in [5, 5.41) is 0. The molecule has 2 bridgehead atoms. The number of benzene rings is 1. The van der Waals surface area contributed by atoms with E-state index >= 15 is 0 Å². The summed E-state index contributed by atoms with van der Waals surface area (Å²) in [6.45, 7) is 0.398. The summed E-state index contributed by atoms with van der Waals surface area (Å²) >= 11 is 0. The highest BCUT2D eigenvalue weighted by molar-refractivity contribution is 7.86. The molecule has 2 aliphatic heterocycles. The monoisotopic (exact) mass is 310 g/mol. The zero-order chi connectivity index (χ0) is 14.9. The average molecular weight is 310 g/mol. The summed E-state index contributed by atoms with van der Waals surface area (Å²) in [5.41, 5.74) is 1.03. The number of fused-ring (bicyclic) bond motifs is 2. The van der Waals surface area contributed by atoms with E-state index in [-0.39, 0.29) is 12.2 Å². The second-order valence-corrected chi connectivity index (χ2v) is 6.93. The van der Waals surface area contributed by atoms with E-state index in [1.165, 1.54) is 0 Å². The summed E-state index contributed by atoms with van der Waals surface area (Å²) in [6.07, 6.45) is 4.07. The predicted molar refractivity (Wildman–Crippen MR) is 77.2 cm³/mol. The van der Waals surface area contributed by atoms with Crippen molar-refractivity contribution in [2.75, 3.05) is 6.26 Å². The maximum Gasteiger partial charge on any atom is 0.264 e. The largest absolute Gasteiger partial charge is 0.368 e. The van der Waals surface area contributed by atoms with E-state index in [1.54, 1.807) is 0 Å². The van der Waals surface area contributed by atoms with Crippen molar-refractivity contribution in [3.05, 3.63) is 48.0 Å². The first kappa shape index (κ1) is 14.7. The Labute approximate surface area is 124 Å². The van der Waals surface area contributed by atoms with Crippen molar-refractivity contribution in [3.63, 3.8) is 0 Å². The van der Waals surface area contributed by atoms with Gasteiger partial charge in [0.05, 0.1) is 19.0 Å². The first-order valence-electron chi connectivity index (χ1n) is 6.89. The first-order chi connectivity index (χ1) is 10.0. The SMILES string of the molecule is CS(=O)(=O)O[C@@H]1[C@@H](OCc2ccccc2)[C@H]2C=CC[C@@H]1O2. The normalized spacial score (nSPS) is 31.5. The van der Waals surface area contributed by atoms with Gasteiger partial charge >= 0.3 is 0 Å². The Kier molecular flexibility index (Phi) is 4.12. The molecule has 0 amide bonds. The lowest BCUT2D eigenvalue weighted by Gasteiger charge is -2.21. The summed E-state index contributed by atoms with van der Waals surface area (Å²) < 4.78 is 39.7. The Hall–Kier alpha value is -1.21. The van der Waals surface area contributed by atoms with E-state index in [2.05, 4.69) is 0 Å². The molecule has 2 aliphatic rings. The Morgan fingerprint density at radius 1 is 1.24 bits per heavy atom. The molecule has 21 heavy (non-hydrogen) atoms. The van der Waals surface area contributed by atoms with Crippen LogP contribution in [0.4, 0.5) is 0 Å². The average Bonchev–Trinajstić information content (AvgIpc) is 2.67. The van der Waals surface area contributed by atoms with Crippen LogP contribution in [0, 0.1) is 0 Å². The van der Waals surface area contributed by atoms with Gasteiger partial charge in [0.2, 0.25) is 0 Å². The van der Waals surface area contributed by atoms with E-state index in [4.69, 9.17) is 13.7 Å². The van der Waals surface area contributed by atoms with Crippen LogP contribution in [0.2, 0.25) is 0 Å². The molecule has 0 spiro atoms. The molecular formula is C15H18O5S. The zero-order valence-corrected chi connectivity index (χ0v) is 12.5. The molecule has 4 atom stereocenters. The molecule has 0 saturated carbocycles. The summed E-state index contributed by atoms with van der Waals surface area (Å²) in [4.78, 5) is 0. The molecule has 0 radical (unpaired) electrons. The second-order valence-electron chi connectivity index (χ2n) is 5.33. The lowest BCUT2D eigenvalue weighted by molar-refractivity contribution is -0.0255. The standard InChI is InChI=1S/C15H18O5S/c1-21(16,17)20-15-13-9-5-8-12(19-13)14(15)18-10-11-6-3-2-4-7-11/h2-8,12-15H,9-10H2,1H3/t12-,13+,14+,15+/m1/s1. The van der Waals surface area contributed by atoms with Gasteiger partial charge < -0.3 is 9.47 Å². The van der Waals surface area contributed by atoms with Crippen LogP contribution in [-0.4, -0.2) is 39.1 Å². The summed E-state index contributed by atoms with van der Waals surface area (Å²) in [5.74, 6) is 0. The van der Waals surface area contributed by atoms with Crippen LogP contribution in [0.5, 0.6) is 0 Å². The van der Waals surface area contributed by atoms with Crippen LogP contribution >= 0.6 is 0 Å². The van der Waals surface area contributed by atoms with Crippen molar-refractivity contribution in [1.29, 1.82) is 0 Å². The fraction of sp³-hybridized carbons (Fsp3) is 0.467. The van der Waals surface area contributed by atoms with Crippen LogP contribution in [0.15, 0.2) is 42.5 Å². The molecule has 0 aromatic heterocycles. The van der Waals surface area contributed by atoms with Gasteiger partial charge in [-0.15, -0.1) is 0 Å². The highest BCUT2D eigenvalue weighted by atomic mass is 32.2.